The number of rotatable bonds is 3. The molecule has 1 aromatic carbocycles. The van der Waals surface area contributed by atoms with Crippen LogP contribution in [0.5, 0.6) is 0 Å². The van der Waals surface area contributed by atoms with E-state index < -0.39 is 0 Å². The molecule has 0 N–H and O–H groups in total. The van der Waals surface area contributed by atoms with Gasteiger partial charge in [-0.05, 0) is 36.6 Å². The second-order valence-electron chi connectivity index (χ2n) is 3.91. The van der Waals surface area contributed by atoms with Crippen LogP contribution in [0.2, 0.25) is 0 Å². The van der Waals surface area contributed by atoms with Crippen molar-refractivity contribution in [2.75, 3.05) is 0 Å². The quantitative estimate of drug-likeness (QED) is 0.746. The second-order valence-corrected chi connectivity index (χ2v) is 4.82. The minimum absolute atomic E-state index is 0.145. The lowest BCUT2D eigenvalue weighted by Crippen LogP contribution is -1.91. The van der Waals surface area contributed by atoms with Gasteiger partial charge >= 0.3 is 0 Å². The summed E-state index contributed by atoms with van der Waals surface area (Å²) in [4.78, 5) is 0.145. The molecule has 0 aliphatic carbocycles. The van der Waals surface area contributed by atoms with Crippen molar-refractivity contribution in [3.8, 4) is 0 Å². The molecule has 0 radical (unpaired) electrons. The molecule has 1 unspecified atom stereocenters. The minimum Gasteiger partial charge on any atom is -0.465 e. The molecule has 0 fully saturated rings. The molecule has 0 aliphatic heterocycles. The summed E-state index contributed by atoms with van der Waals surface area (Å²) in [6.07, 6.45) is 1.08. The number of alkyl halides is 1. The van der Waals surface area contributed by atoms with E-state index >= 15 is 0 Å². The molecule has 0 aliphatic rings. The normalized spacial score (nSPS) is 12.7. The smallest absolute Gasteiger partial charge is 0.122 e. The van der Waals surface area contributed by atoms with Crippen molar-refractivity contribution in [3.63, 3.8) is 0 Å². The first-order valence-corrected chi connectivity index (χ1v) is 6.41. The molecule has 1 heterocycles. The first-order chi connectivity index (χ1) is 7.70. The standard InChI is InChI=1S/C14H15BrO/c1-3-11-5-7-12(8-6-11)14(15)13-9-4-10(2)16-13/h4-9,14H,3H2,1-2H3. The summed E-state index contributed by atoms with van der Waals surface area (Å²) in [5.41, 5.74) is 2.59. The largest absolute Gasteiger partial charge is 0.465 e. The molecule has 0 spiro atoms. The molecular weight excluding hydrogens is 264 g/mol. The highest BCUT2D eigenvalue weighted by Gasteiger charge is 2.13. The lowest BCUT2D eigenvalue weighted by atomic mass is 10.1. The number of hydrogen-bond donors (Lipinski definition) is 0. The first kappa shape index (κ1) is 11.5. The Morgan fingerprint density at radius 2 is 1.81 bits per heavy atom. The zero-order valence-corrected chi connectivity index (χ0v) is 11.1. The third kappa shape index (κ3) is 2.38. The Morgan fingerprint density at radius 3 is 2.31 bits per heavy atom. The Hall–Kier alpha value is -1.02. The summed E-state index contributed by atoms with van der Waals surface area (Å²) in [5.74, 6) is 1.91. The lowest BCUT2D eigenvalue weighted by molar-refractivity contribution is 0.492. The number of aryl methyl sites for hydroxylation is 2. The summed E-state index contributed by atoms with van der Waals surface area (Å²) in [5, 5.41) is 0. The maximum atomic E-state index is 5.61. The van der Waals surface area contributed by atoms with Crippen molar-refractivity contribution in [3.05, 3.63) is 59.0 Å². The van der Waals surface area contributed by atoms with Crippen LogP contribution in [0.3, 0.4) is 0 Å². The Bertz CT molecular complexity index is 456. The van der Waals surface area contributed by atoms with Crippen molar-refractivity contribution in [1.29, 1.82) is 0 Å². The number of hydrogen-bond acceptors (Lipinski definition) is 1. The summed E-state index contributed by atoms with van der Waals surface area (Å²) in [7, 11) is 0. The average molecular weight is 279 g/mol. The molecule has 84 valence electrons. The van der Waals surface area contributed by atoms with Crippen LogP contribution in [0.25, 0.3) is 0 Å². The molecule has 1 atom stereocenters. The molecule has 0 bridgehead atoms. The maximum Gasteiger partial charge on any atom is 0.122 e. The number of furan rings is 1. The van der Waals surface area contributed by atoms with Gasteiger partial charge in [-0.1, -0.05) is 47.1 Å². The molecule has 2 heteroatoms. The third-order valence-electron chi connectivity index (χ3n) is 2.69. The molecule has 2 rings (SSSR count). The topological polar surface area (TPSA) is 13.1 Å². The van der Waals surface area contributed by atoms with E-state index in [1.54, 1.807) is 0 Å². The van der Waals surface area contributed by atoms with E-state index in [1.807, 2.05) is 19.1 Å². The monoisotopic (exact) mass is 278 g/mol. The molecular formula is C14H15BrO. The average Bonchev–Trinajstić information content (AvgIpc) is 2.75. The van der Waals surface area contributed by atoms with Crippen LogP contribution in [0.4, 0.5) is 0 Å². The highest BCUT2D eigenvalue weighted by atomic mass is 79.9. The molecule has 0 saturated heterocycles. The summed E-state index contributed by atoms with van der Waals surface area (Å²) in [6, 6.07) is 12.6. The van der Waals surface area contributed by atoms with Gasteiger partial charge in [0.1, 0.15) is 11.5 Å². The fraction of sp³-hybridized carbons (Fsp3) is 0.286. The Labute approximate surface area is 105 Å². The molecule has 2 aromatic rings. The van der Waals surface area contributed by atoms with E-state index in [0.717, 1.165) is 17.9 Å². The SMILES string of the molecule is CCc1ccc(C(Br)c2ccc(C)o2)cc1. The van der Waals surface area contributed by atoms with Crippen molar-refractivity contribution in [2.24, 2.45) is 0 Å². The lowest BCUT2D eigenvalue weighted by Gasteiger charge is -2.08. The summed E-state index contributed by atoms with van der Waals surface area (Å²) in [6.45, 7) is 4.12. The Kier molecular flexibility index (Phi) is 3.49. The van der Waals surface area contributed by atoms with Crippen molar-refractivity contribution < 1.29 is 4.42 Å². The van der Waals surface area contributed by atoms with Gasteiger partial charge in [-0.2, -0.15) is 0 Å². The van der Waals surface area contributed by atoms with Crippen molar-refractivity contribution in [2.45, 2.75) is 25.1 Å². The van der Waals surface area contributed by atoms with Crippen molar-refractivity contribution in [1.82, 2.24) is 0 Å². The van der Waals surface area contributed by atoms with Crippen LogP contribution in [-0.2, 0) is 6.42 Å². The van der Waals surface area contributed by atoms with Gasteiger partial charge in [-0.3, -0.25) is 0 Å². The van der Waals surface area contributed by atoms with Crippen LogP contribution >= 0.6 is 15.9 Å². The highest BCUT2D eigenvalue weighted by molar-refractivity contribution is 9.09. The molecule has 1 aromatic heterocycles. The molecule has 0 saturated carbocycles. The maximum absolute atomic E-state index is 5.61. The molecule has 0 amide bonds. The van der Waals surface area contributed by atoms with Gasteiger partial charge in [-0.25, -0.2) is 0 Å². The first-order valence-electron chi connectivity index (χ1n) is 5.50. The van der Waals surface area contributed by atoms with E-state index in [1.165, 1.54) is 11.1 Å². The van der Waals surface area contributed by atoms with E-state index in [0.29, 0.717) is 0 Å². The second kappa shape index (κ2) is 4.88. The van der Waals surface area contributed by atoms with Gasteiger partial charge in [0.25, 0.3) is 0 Å². The van der Waals surface area contributed by atoms with Gasteiger partial charge in [0.2, 0.25) is 0 Å². The minimum atomic E-state index is 0.145. The van der Waals surface area contributed by atoms with Gasteiger partial charge in [0.15, 0.2) is 0 Å². The highest BCUT2D eigenvalue weighted by Crippen LogP contribution is 2.31. The van der Waals surface area contributed by atoms with Crippen LogP contribution in [0.15, 0.2) is 40.8 Å². The van der Waals surface area contributed by atoms with E-state index in [9.17, 15) is 0 Å². The Morgan fingerprint density at radius 1 is 1.12 bits per heavy atom. The van der Waals surface area contributed by atoms with Gasteiger partial charge in [-0.15, -0.1) is 0 Å². The van der Waals surface area contributed by atoms with Crippen LogP contribution in [-0.4, -0.2) is 0 Å². The zero-order valence-electron chi connectivity index (χ0n) is 9.53. The van der Waals surface area contributed by atoms with Crippen LogP contribution in [0, 0.1) is 6.92 Å². The summed E-state index contributed by atoms with van der Waals surface area (Å²) < 4.78 is 5.61. The van der Waals surface area contributed by atoms with Crippen molar-refractivity contribution >= 4 is 15.9 Å². The third-order valence-corrected chi connectivity index (χ3v) is 3.67. The predicted octanol–water partition coefficient (Wildman–Crippen LogP) is 4.63. The predicted molar refractivity (Wildman–Crippen MR) is 70.0 cm³/mol. The fourth-order valence-corrected chi connectivity index (χ4v) is 2.23. The number of benzene rings is 1. The van der Waals surface area contributed by atoms with E-state index in [4.69, 9.17) is 4.42 Å². The summed E-state index contributed by atoms with van der Waals surface area (Å²) >= 11 is 3.66. The zero-order chi connectivity index (χ0) is 11.5. The van der Waals surface area contributed by atoms with Gasteiger partial charge in [0.05, 0.1) is 4.83 Å². The number of halogens is 1. The van der Waals surface area contributed by atoms with Gasteiger partial charge in [0, 0.05) is 0 Å². The van der Waals surface area contributed by atoms with Crippen LogP contribution in [0.1, 0.15) is 34.4 Å². The van der Waals surface area contributed by atoms with E-state index in [2.05, 4.69) is 47.1 Å². The molecule has 16 heavy (non-hydrogen) atoms. The van der Waals surface area contributed by atoms with Gasteiger partial charge < -0.3 is 4.42 Å². The van der Waals surface area contributed by atoms with E-state index in [-0.39, 0.29) is 4.83 Å². The Balaban J connectivity index is 2.23. The molecule has 1 nitrogen and oxygen atoms in total. The fourth-order valence-electron chi connectivity index (χ4n) is 1.68. The van der Waals surface area contributed by atoms with Crippen LogP contribution < -0.4 is 0 Å².